The summed E-state index contributed by atoms with van der Waals surface area (Å²) in [4.78, 5) is 43.2. The lowest BCUT2D eigenvalue weighted by Crippen LogP contribution is -2.37. The van der Waals surface area contributed by atoms with Crippen LogP contribution < -0.4 is 16.6 Å². The molecule has 7 nitrogen and oxygen atoms in total. The minimum Gasteiger partial charge on any atom is -0.345 e. The fourth-order valence-electron chi connectivity index (χ4n) is 2.45. The Morgan fingerprint density at radius 1 is 1.35 bits per heavy atom. The number of rotatable bonds is 6. The molecule has 9 heteroatoms. The van der Waals surface area contributed by atoms with Gasteiger partial charge in [-0.25, -0.2) is 9.78 Å². The minimum absolute atomic E-state index is 0.168. The number of aromatic amines is 1. The molecule has 3 heterocycles. The molecule has 0 bridgehead atoms. The summed E-state index contributed by atoms with van der Waals surface area (Å²) < 4.78 is 1.16. The van der Waals surface area contributed by atoms with Crippen LogP contribution in [0.3, 0.4) is 0 Å². The van der Waals surface area contributed by atoms with Gasteiger partial charge in [0, 0.05) is 23.6 Å². The van der Waals surface area contributed by atoms with Gasteiger partial charge in [0.15, 0.2) is 0 Å². The molecule has 3 aromatic rings. The molecule has 0 radical (unpaired) electrons. The number of hydrogen-bond acceptors (Lipinski definition) is 6. The highest BCUT2D eigenvalue weighted by Crippen LogP contribution is 2.26. The van der Waals surface area contributed by atoms with Crippen molar-refractivity contribution in [2.24, 2.45) is 0 Å². The molecule has 2 N–H and O–H groups in total. The summed E-state index contributed by atoms with van der Waals surface area (Å²) in [6.07, 6.45) is 1.94. The van der Waals surface area contributed by atoms with Crippen LogP contribution in [0.2, 0.25) is 0 Å². The van der Waals surface area contributed by atoms with Crippen molar-refractivity contribution in [1.82, 2.24) is 19.9 Å². The highest BCUT2D eigenvalue weighted by atomic mass is 32.1. The molecule has 0 aromatic carbocycles. The van der Waals surface area contributed by atoms with E-state index in [1.54, 1.807) is 22.7 Å². The molecular weight excluding hydrogens is 372 g/mol. The van der Waals surface area contributed by atoms with Crippen LogP contribution in [0, 0.1) is 13.8 Å². The van der Waals surface area contributed by atoms with E-state index < -0.39 is 11.2 Å². The number of aromatic nitrogens is 3. The van der Waals surface area contributed by atoms with Crippen LogP contribution in [0.5, 0.6) is 0 Å². The van der Waals surface area contributed by atoms with Gasteiger partial charge in [-0.2, -0.15) is 11.3 Å². The van der Waals surface area contributed by atoms with Crippen molar-refractivity contribution < 1.29 is 4.79 Å². The molecule has 0 saturated carbocycles. The monoisotopic (exact) mass is 390 g/mol. The van der Waals surface area contributed by atoms with Crippen LogP contribution >= 0.6 is 22.7 Å². The van der Waals surface area contributed by atoms with Crippen molar-refractivity contribution >= 4 is 28.6 Å². The number of carbonyl (C=O) groups excluding carboxylic acids is 1. The topological polar surface area (TPSA) is 96.8 Å². The Kier molecular flexibility index (Phi) is 5.48. The summed E-state index contributed by atoms with van der Waals surface area (Å²) in [6, 6.07) is 2.96. The van der Waals surface area contributed by atoms with Gasteiger partial charge in [-0.3, -0.25) is 19.1 Å². The lowest BCUT2D eigenvalue weighted by atomic mass is 10.1. The normalized spacial score (nSPS) is 12.1. The maximum Gasteiger partial charge on any atom is 0.328 e. The second-order valence-electron chi connectivity index (χ2n) is 5.89. The summed E-state index contributed by atoms with van der Waals surface area (Å²) in [6.45, 7) is 3.78. The number of nitrogens with zero attached hydrogens (tertiary/aromatic N) is 2. The van der Waals surface area contributed by atoms with Gasteiger partial charge >= 0.3 is 5.69 Å². The van der Waals surface area contributed by atoms with E-state index in [9.17, 15) is 14.4 Å². The Morgan fingerprint density at radius 3 is 2.77 bits per heavy atom. The zero-order valence-corrected chi connectivity index (χ0v) is 15.9. The van der Waals surface area contributed by atoms with E-state index in [1.807, 2.05) is 30.7 Å². The molecule has 1 amide bonds. The second kappa shape index (κ2) is 7.79. The van der Waals surface area contributed by atoms with Gasteiger partial charge < -0.3 is 5.32 Å². The van der Waals surface area contributed by atoms with Crippen molar-refractivity contribution in [3.63, 3.8) is 0 Å². The van der Waals surface area contributed by atoms with E-state index in [4.69, 9.17) is 0 Å². The third kappa shape index (κ3) is 4.36. The third-order valence-electron chi connectivity index (χ3n) is 3.91. The first-order valence-electron chi connectivity index (χ1n) is 7.96. The lowest BCUT2D eigenvalue weighted by molar-refractivity contribution is -0.122. The first-order chi connectivity index (χ1) is 12.4. The highest BCUT2D eigenvalue weighted by Gasteiger charge is 2.20. The summed E-state index contributed by atoms with van der Waals surface area (Å²) in [5.41, 5.74) is 0.970. The fraction of sp³-hybridized carbons (Fsp3) is 0.294. The summed E-state index contributed by atoms with van der Waals surface area (Å²) in [5, 5.41) is 7.84. The van der Waals surface area contributed by atoms with E-state index in [-0.39, 0.29) is 18.5 Å². The highest BCUT2D eigenvalue weighted by molar-refractivity contribution is 7.11. The Bertz CT molecular complexity index is 998. The first kappa shape index (κ1) is 18.3. The van der Waals surface area contributed by atoms with Crippen LogP contribution in [-0.4, -0.2) is 20.4 Å². The predicted octanol–water partition coefficient (Wildman–Crippen LogP) is 1.77. The van der Waals surface area contributed by atoms with E-state index in [2.05, 4.69) is 15.3 Å². The second-order valence-corrected chi connectivity index (χ2v) is 7.90. The number of hydrogen-bond donors (Lipinski definition) is 2. The van der Waals surface area contributed by atoms with Crippen molar-refractivity contribution in [1.29, 1.82) is 0 Å². The zero-order chi connectivity index (χ0) is 18.7. The van der Waals surface area contributed by atoms with E-state index in [1.165, 1.54) is 12.3 Å². The van der Waals surface area contributed by atoms with Gasteiger partial charge in [0.25, 0.3) is 5.56 Å². The average Bonchev–Trinajstić information content (AvgIpc) is 3.20. The van der Waals surface area contributed by atoms with E-state index in [0.717, 1.165) is 25.7 Å². The predicted molar refractivity (Wildman–Crippen MR) is 102 cm³/mol. The van der Waals surface area contributed by atoms with Crippen molar-refractivity contribution in [3.8, 4) is 0 Å². The average molecular weight is 390 g/mol. The fourth-order valence-corrected chi connectivity index (χ4v) is 4.11. The van der Waals surface area contributed by atoms with Crippen LogP contribution in [0.25, 0.3) is 0 Å². The summed E-state index contributed by atoms with van der Waals surface area (Å²) in [5.74, 6) is -0.315. The first-order valence-corrected chi connectivity index (χ1v) is 9.72. The molecule has 0 aliphatic rings. The van der Waals surface area contributed by atoms with Gasteiger partial charge in [0.2, 0.25) is 5.91 Å². The number of amides is 1. The number of aryl methyl sites for hydroxylation is 2. The Morgan fingerprint density at radius 2 is 2.15 bits per heavy atom. The van der Waals surface area contributed by atoms with Gasteiger partial charge in [0.05, 0.1) is 11.7 Å². The van der Waals surface area contributed by atoms with Crippen molar-refractivity contribution in [3.05, 3.63) is 71.1 Å². The zero-order valence-electron chi connectivity index (χ0n) is 14.3. The standard InChI is InChI=1S/C17H18N4O3S2/c1-10-11(2)26-16(18-10)13(7-12-4-6-25-9-12)19-15(23)8-21-5-3-14(22)20-17(21)24/h3-6,9,13H,7-8H2,1-2H3,(H,19,23)(H,20,22,24)/t13-/m0/s1. The molecule has 1 atom stereocenters. The Hall–Kier alpha value is -2.52. The number of carbonyl (C=O) groups is 1. The van der Waals surface area contributed by atoms with Gasteiger partial charge in [-0.1, -0.05) is 0 Å². The lowest BCUT2D eigenvalue weighted by Gasteiger charge is -2.16. The largest absolute Gasteiger partial charge is 0.345 e. The molecule has 0 spiro atoms. The molecule has 0 unspecified atom stereocenters. The molecule has 136 valence electrons. The molecule has 0 saturated heterocycles. The maximum atomic E-state index is 12.5. The smallest absolute Gasteiger partial charge is 0.328 e. The Labute approximate surface area is 157 Å². The number of H-pyrrole nitrogens is 1. The SMILES string of the molecule is Cc1nc([C@H](Cc2ccsc2)NC(=O)Cn2ccc(=O)[nH]c2=O)sc1C. The molecule has 0 aliphatic carbocycles. The molecule has 0 aliphatic heterocycles. The Balaban J connectivity index is 1.79. The third-order valence-corrected chi connectivity index (χ3v) is 5.83. The van der Waals surface area contributed by atoms with Crippen LogP contribution in [0.4, 0.5) is 0 Å². The molecule has 3 aromatic heterocycles. The number of thiazole rings is 1. The molecule has 3 rings (SSSR count). The summed E-state index contributed by atoms with van der Waals surface area (Å²) >= 11 is 3.16. The van der Waals surface area contributed by atoms with Gasteiger partial charge in [-0.05, 0) is 36.2 Å². The molecular formula is C17H18N4O3S2. The number of thiophene rings is 1. The van der Waals surface area contributed by atoms with Crippen LogP contribution in [0.1, 0.15) is 27.2 Å². The summed E-state index contributed by atoms with van der Waals surface area (Å²) in [7, 11) is 0. The molecule has 0 fully saturated rings. The minimum atomic E-state index is -0.608. The van der Waals surface area contributed by atoms with Crippen LogP contribution in [0.15, 0.2) is 38.7 Å². The van der Waals surface area contributed by atoms with Gasteiger partial charge in [-0.15, -0.1) is 11.3 Å². The number of nitrogens with one attached hydrogen (secondary N) is 2. The van der Waals surface area contributed by atoms with Crippen LogP contribution in [-0.2, 0) is 17.8 Å². The van der Waals surface area contributed by atoms with Crippen molar-refractivity contribution in [2.45, 2.75) is 32.9 Å². The van der Waals surface area contributed by atoms with E-state index in [0.29, 0.717) is 6.42 Å². The maximum absolute atomic E-state index is 12.5. The quantitative estimate of drug-likeness (QED) is 0.670. The molecule has 26 heavy (non-hydrogen) atoms. The van der Waals surface area contributed by atoms with Gasteiger partial charge in [0.1, 0.15) is 11.6 Å². The van der Waals surface area contributed by atoms with E-state index >= 15 is 0 Å². The van der Waals surface area contributed by atoms with Crippen molar-refractivity contribution in [2.75, 3.05) is 0 Å².